The molecule has 2 heteroatoms. The molecular formula is C43H45OP. The number of carbonyl (C=O) groups is 1. The van der Waals surface area contributed by atoms with Crippen LogP contribution in [0, 0.1) is 55.4 Å². The van der Waals surface area contributed by atoms with Crippen molar-refractivity contribution in [2.75, 3.05) is 0 Å². The van der Waals surface area contributed by atoms with Gasteiger partial charge in [-0.15, -0.1) is 0 Å². The zero-order chi connectivity index (χ0) is 32.0. The third kappa shape index (κ3) is 5.62. The Labute approximate surface area is 271 Å². The fourth-order valence-electron chi connectivity index (χ4n) is 8.13. The summed E-state index contributed by atoms with van der Waals surface area (Å²) in [6.07, 6.45) is 1.18. The summed E-state index contributed by atoms with van der Waals surface area (Å²) >= 11 is 0. The van der Waals surface area contributed by atoms with Crippen molar-refractivity contribution in [3.63, 3.8) is 0 Å². The van der Waals surface area contributed by atoms with Gasteiger partial charge in [0.2, 0.25) is 0 Å². The molecule has 0 aromatic heterocycles. The van der Waals surface area contributed by atoms with Crippen molar-refractivity contribution in [2.24, 2.45) is 0 Å². The molecule has 228 valence electrons. The highest BCUT2D eigenvalue weighted by Crippen LogP contribution is 2.69. The molecule has 2 atom stereocenters. The van der Waals surface area contributed by atoms with Crippen LogP contribution < -0.4 is 5.30 Å². The fraction of sp³-hybridized carbons (Fsp3) is 0.279. The summed E-state index contributed by atoms with van der Waals surface area (Å²) in [4.78, 5) is 14.0. The topological polar surface area (TPSA) is 17.1 Å². The summed E-state index contributed by atoms with van der Waals surface area (Å²) in [5.74, 6) is 0.382. The first-order chi connectivity index (χ1) is 21.6. The number of hydrogen-bond acceptors (Lipinski definition) is 1. The Morgan fingerprint density at radius 3 is 1.07 bits per heavy atom. The molecule has 0 spiro atoms. The van der Waals surface area contributed by atoms with E-state index in [2.05, 4.69) is 146 Å². The predicted molar refractivity (Wildman–Crippen MR) is 194 cm³/mol. The van der Waals surface area contributed by atoms with E-state index in [1.807, 2.05) is 0 Å². The minimum atomic E-state index is -0.897. The molecule has 1 aliphatic heterocycles. The molecule has 1 nitrogen and oxygen atoms in total. The summed E-state index contributed by atoms with van der Waals surface area (Å²) in [7, 11) is -0.897. The van der Waals surface area contributed by atoms with Crippen molar-refractivity contribution in [1.29, 1.82) is 0 Å². The molecular weight excluding hydrogens is 563 g/mol. The Morgan fingerprint density at radius 2 is 0.733 bits per heavy atom. The first-order valence-electron chi connectivity index (χ1n) is 16.3. The van der Waals surface area contributed by atoms with Gasteiger partial charge in [-0.2, -0.15) is 0 Å². The fourth-order valence-corrected chi connectivity index (χ4v) is 12.3. The first-order valence-corrected chi connectivity index (χ1v) is 17.7. The van der Waals surface area contributed by atoms with Crippen LogP contribution in [0.1, 0.15) is 79.8 Å². The molecule has 0 aliphatic carbocycles. The summed E-state index contributed by atoms with van der Waals surface area (Å²) in [6, 6.07) is 33.6. The lowest BCUT2D eigenvalue weighted by Crippen LogP contribution is -2.27. The highest BCUT2D eigenvalue weighted by atomic mass is 31.1. The van der Waals surface area contributed by atoms with Crippen LogP contribution in [0.25, 0.3) is 22.3 Å². The van der Waals surface area contributed by atoms with Gasteiger partial charge in [-0.05, 0) is 139 Å². The Hall–Kier alpha value is -3.80. The second kappa shape index (κ2) is 12.5. The van der Waals surface area contributed by atoms with E-state index in [9.17, 15) is 4.79 Å². The highest BCUT2D eigenvalue weighted by molar-refractivity contribution is 7.67. The van der Waals surface area contributed by atoms with E-state index in [0.29, 0.717) is 18.6 Å². The van der Waals surface area contributed by atoms with Gasteiger partial charge in [0.25, 0.3) is 0 Å². The SMILES string of the molecule is Cc1cccc(C)c1-c1cccc(-c2c(C)cccc2C)c1P1C(c2c(C)cccc2C)CC(=O)CC1c1c(C)cccc1C. The van der Waals surface area contributed by atoms with Crippen molar-refractivity contribution < 1.29 is 4.79 Å². The van der Waals surface area contributed by atoms with Gasteiger partial charge in [0.05, 0.1) is 0 Å². The summed E-state index contributed by atoms with van der Waals surface area (Å²) in [6.45, 7) is 18.0. The smallest absolute Gasteiger partial charge is 0.134 e. The van der Waals surface area contributed by atoms with Crippen LogP contribution in [0.3, 0.4) is 0 Å². The van der Waals surface area contributed by atoms with Crippen LogP contribution >= 0.6 is 7.92 Å². The van der Waals surface area contributed by atoms with Gasteiger partial charge < -0.3 is 0 Å². The number of benzene rings is 5. The second-order valence-electron chi connectivity index (χ2n) is 13.2. The Balaban J connectivity index is 1.79. The number of Topliss-reactive ketones (excluding diaryl/α,β-unsaturated/α-hetero) is 1. The molecule has 45 heavy (non-hydrogen) atoms. The molecule has 0 radical (unpaired) electrons. The van der Waals surface area contributed by atoms with Crippen molar-refractivity contribution in [1.82, 2.24) is 0 Å². The summed E-state index contributed by atoms with van der Waals surface area (Å²) in [5.41, 5.74) is 18.7. The van der Waals surface area contributed by atoms with Gasteiger partial charge in [-0.25, -0.2) is 0 Å². The minimum absolute atomic E-state index is 0.125. The molecule has 6 rings (SSSR count). The van der Waals surface area contributed by atoms with Crippen LogP contribution in [-0.2, 0) is 4.79 Å². The normalized spacial score (nSPS) is 18.3. The molecule has 5 aromatic rings. The zero-order valence-corrected chi connectivity index (χ0v) is 29.0. The Morgan fingerprint density at radius 1 is 0.444 bits per heavy atom. The molecule has 0 amide bonds. The maximum absolute atomic E-state index is 14.0. The third-order valence-electron chi connectivity index (χ3n) is 10.1. The molecule has 0 bridgehead atoms. The van der Waals surface area contributed by atoms with Crippen LogP contribution in [0.5, 0.6) is 0 Å². The zero-order valence-electron chi connectivity index (χ0n) is 28.1. The van der Waals surface area contributed by atoms with Crippen LogP contribution in [-0.4, -0.2) is 5.78 Å². The number of aryl methyl sites for hydroxylation is 8. The Kier molecular flexibility index (Phi) is 8.69. The lowest BCUT2D eigenvalue weighted by Gasteiger charge is -2.43. The first kappa shape index (κ1) is 31.2. The maximum Gasteiger partial charge on any atom is 0.134 e. The molecule has 1 heterocycles. The molecule has 1 saturated heterocycles. The number of rotatable bonds is 5. The highest BCUT2D eigenvalue weighted by Gasteiger charge is 2.43. The van der Waals surface area contributed by atoms with Gasteiger partial charge in [-0.3, -0.25) is 4.79 Å². The van der Waals surface area contributed by atoms with Gasteiger partial charge in [-0.1, -0.05) is 98.9 Å². The Bertz CT molecular complexity index is 1720. The van der Waals surface area contributed by atoms with E-state index < -0.39 is 7.92 Å². The van der Waals surface area contributed by atoms with Gasteiger partial charge >= 0.3 is 0 Å². The van der Waals surface area contributed by atoms with E-state index in [4.69, 9.17) is 0 Å². The lowest BCUT2D eigenvalue weighted by atomic mass is 9.90. The van der Waals surface area contributed by atoms with Crippen LogP contribution in [0.4, 0.5) is 0 Å². The average molecular weight is 609 g/mol. The minimum Gasteiger partial charge on any atom is -0.300 e. The summed E-state index contributed by atoms with van der Waals surface area (Å²) < 4.78 is 0. The molecule has 0 N–H and O–H groups in total. The van der Waals surface area contributed by atoms with E-state index in [0.717, 1.165) is 0 Å². The van der Waals surface area contributed by atoms with Gasteiger partial charge in [0, 0.05) is 24.2 Å². The largest absolute Gasteiger partial charge is 0.300 e. The van der Waals surface area contributed by atoms with E-state index in [1.54, 1.807) is 0 Å². The summed E-state index contributed by atoms with van der Waals surface area (Å²) in [5, 5.41) is 1.45. The average Bonchev–Trinajstić information content (AvgIpc) is 2.97. The number of ketones is 1. The van der Waals surface area contributed by atoms with Gasteiger partial charge in [0.1, 0.15) is 5.78 Å². The quantitative estimate of drug-likeness (QED) is 0.181. The number of carbonyl (C=O) groups excluding carboxylic acids is 1. The van der Waals surface area contributed by atoms with E-state index in [1.165, 1.54) is 83.2 Å². The third-order valence-corrected chi connectivity index (χ3v) is 13.3. The monoisotopic (exact) mass is 608 g/mol. The van der Waals surface area contributed by atoms with E-state index in [-0.39, 0.29) is 11.3 Å². The standard InChI is InChI=1S/C43H45OP/c1-26-14-9-15-27(2)39(26)35-22-13-23-36(40-28(3)16-10-17-29(40)4)43(35)45-37(41-30(5)18-11-19-31(41)6)24-34(44)25-38(45)42-32(7)20-12-21-33(42)8/h9-23,37-38H,24-25H2,1-8H3. The molecule has 5 aromatic carbocycles. The van der Waals surface area contributed by atoms with Crippen molar-refractivity contribution in [2.45, 2.75) is 79.5 Å². The lowest BCUT2D eigenvalue weighted by molar-refractivity contribution is -0.119. The molecule has 1 fully saturated rings. The molecule has 1 aliphatic rings. The maximum atomic E-state index is 14.0. The molecule has 0 saturated carbocycles. The van der Waals surface area contributed by atoms with Crippen molar-refractivity contribution in [3.05, 3.63) is 147 Å². The van der Waals surface area contributed by atoms with E-state index >= 15 is 0 Å². The predicted octanol–water partition coefficient (Wildman–Crippen LogP) is 11.4. The van der Waals surface area contributed by atoms with Crippen LogP contribution in [0.2, 0.25) is 0 Å². The number of hydrogen-bond donors (Lipinski definition) is 0. The second-order valence-corrected chi connectivity index (χ2v) is 15.7. The molecule has 2 unspecified atom stereocenters. The van der Waals surface area contributed by atoms with Crippen LogP contribution in [0.15, 0.2) is 91.0 Å². The van der Waals surface area contributed by atoms with Crippen molar-refractivity contribution >= 4 is 19.0 Å². The van der Waals surface area contributed by atoms with Crippen molar-refractivity contribution in [3.8, 4) is 22.3 Å². The van der Waals surface area contributed by atoms with Gasteiger partial charge in [0.15, 0.2) is 0 Å².